The van der Waals surface area contributed by atoms with E-state index in [1.54, 1.807) is 11.3 Å². The normalized spacial score (nSPS) is 11.8. The highest BCUT2D eigenvalue weighted by Gasteiger charge is 2.07. The monoisotopic (exact) mass is 210 g/mol. The summed E-state index contributed by atoms with van der Waals surface area (Å²) in [5.74, 6) is 0. The van der Waals surface area contributed by atoms with Crippen molar-refractivity contribution in [1.29, 1.82) is 0 Å². The third-order valence-corrected chi connectivity index (χ3v) is 5.14. The fourth-order valence-electron chi connectivity index (χ4n) is 1.42. The predicted octanol–water partition coefficient (Wildman–Crippen LogP) is 4.49. The van der Waals surface area contributed by atoms with Crippen molar-refractivity contribution < 1.29 is 0 Å². The van der Waals surface area contributed by atoms with Crippen LogP contribution in [0.15, 0.2) is 16.8 Å². The maximum atomic E-state index is 2.30. The van der Waals surface area contributed by atoms with Crippen molar-refractivity contribution in [2.75, 3.05) is 0 Å². The lowest BCUT2D eigenvalue weighted by atomic mass is 10.3. The van der Waals surface area contributed by atoms with Crippen LogP contribution in [0.2, 0.25) is 0 Å². The molecule has 0 spiro atoms. The van der Waals surface area contributed by atoms with Gasteiger partial charge in [-0.1, -0.05) is 0 Å². The van der Waals surface area contributed by atoms with E-state index in [9.17, 15) is 0 Å². The van der Waals surface area contributed by atoms with Crippen LogP contribution in [0.25, 0.3) is 19.5 Å². The van der Waals surface area contributed by atoms with E-state index in [0.29, 0.717) is 0 Å². The van der Waals surface area contributed by atoms with Crippen LogP contribution in [-0.2, 0) is 0 Å². The van der Waals surface area contributed by atoms with Crippen molar-refractivity contribution in [1.82, 2.24) is 0 Å². The van der Waals surface area contributed by atoms with E-state index in [0.717, 1.165) is 0 Å². The molecule has 0 fully saturated rings. The topological polar surface area (TPSA) is 0 Å². The molecule has 3 rings (SSSR count). The fraction of sp³-hybridized carbons (Fsp3) is 0.111. The molecule has 0 saturated carbocycles. The smallest absolute Gasteiger partial charge is 0.0880 e. The molecule has 0 unspecified atom stereocenters. The summed E-state index contributed by atoms with van der Waals surface area (Å²) in [7, 11) is 0. The standard InChI is InChI=1S/C9H6S3/c1-5-2-6-7-3-10-4-8(7)12-9(6)11-5/h2-4H,1H3. The van der Waals surface area contributed by atoms with Crippen LogP contribution >= 0.6 is 34.0 Å². The van der Waals surface area contributed by atoms with E-state index in [4.69, 9.17) is 0 Å². The van der Waals surface area contributed by atoms with Crippen LogP contribution < -0.4 is 0 Å². The Hall–Kier alpha value is -0.380. The highest BCUT2D eigenvalue weighted by Crippen LogP contribution is 2.40. The highest BCUT2D eigenvalue weighted by atomic mass is 32.2. The molecule has 0 radical (unpaired) electrons. The largest absolute Gasteiger partial charge is 0.150 e. The highest BCUT2D eigenvalue weighted by molar-refractivity contribution is 7.42. The van der Waals surface area contributed by atoms with E-state index in [1.807, 2.05) is 22.7 Å². The Morgan fingerprint density at radius 2 is 2.00 bits per heavy atom. The van der Waals surface area contributed by atoms with E-state index < -0.39 is 0 Å². The lowest BCUT2D eigenvalue weighted by Gasteiger charge is -1.74. The zero-order valence-electron chi connectivity index (χ0n) is 6.46. The number of hydrogen-bond donors (Lipinski definition) is 0. The van der Waals surface area contributed by atoms with Gasteiger partial charge in [-0.2, -0.15) is 11.3 Å². The summed E-state index contributed by atoms with van der Waals surface area (Å²) in [6, 6.07) is 2.30. The molecule has 3 heterocycles. The summed E-state index contributed by atoms with van der Waals surface area (Å²) in [6.45, 7) is 2.18. The van der Waals surface area contributed by atoms with Crippen LogP contribution in [0.3, 0.4) is 0 Å². The Morgan fingerprint density at radius 3 is 2.92 bits per heavy atom. The molecule has 0 aliphatic heterocycles. The summed E-state index contributed by atoms with van der Waals surface area (Å²) in [4.78, 5) is 1.42. The minimum Gasteiger partial charge on any atom is -0.150 e. The molecule has 0 saturated heterocycles. The average Bonchev–Trinajstić information content (AvgIpc) is 2.59. The molecule has 3 aromatic rings. The lowest BCUT2D eigenvalue weighted by Crippen LogP contribution is -1.51. The van der Waals surface area contributed by atoms with Crippen LogP contribution in [0.4, 0.5) is 0 Å². The zero-order chi connectivity index (χ0) is 8.13. The fourth-order valence-corrected chi connectivity index (χ4v) is 4.90. The van der Waals surface area contributed by atoms with Gasteiger partial charge in [0.2, 0.25) is 0 Å². The van der Waals surface area contributed by atoms with Gasteiger partial charge in [0.25, 0.3) is 0 Å². The summed E-state index contributed by atoms with van der Waals surface area (Å²) in [6.07, 6.45) is 0. The van der Waals surface area contributed by atoms with Gasteiger partial charge in [-0.05, 0) is 13.0 Å². The van der Waals surface area contributed by atoms with Crippen molar-refractivity contribution in [2.45, 2.75) is 6.92 Å². The van der Waals surface area contributed by atoms with Crippen LogP contribution in [0.5, 0.6) is 0 Å². The molecule has 12 heavy (non-hydrogen) atoms. The summed E-state index contributed by atoms with van der Waals surface area (Å²) in [5, 5.41) is 7.39. The Balaban J connectivity index is 2.64. The summed E-state index contributed by atoms with van der Waals surface area (Å²) < 4.78 is 2.92. The van der Waals surface area contributed by atoms with E-state index in [-0.39, 0.29) is 0 Å². The minimum absolute atomic E-state index is 1.42. The molecule has 0 N–H and O–H groups in total. The first kappa shape index (κ1) is 7.06. The number of fused-ring (bicyclic) bond motifs is 3. The van der Waals surface area contributed by atoms with Gasteiger partial charge in [-0.25, -0.2) is 0 Å². The summed E-state index contributed by atoms with van der Waals surface area (Å²) in [5.41, 5.74) is 0. The van der Waals surface area contributed by atoms with Gasteiger partial charge in [0, 0.05) is 31.1 Å². The Kier molecular flexibility index (Phi) is 1.36. The van der Waals surface area contributed by atoms with E-state index in [2.05, 4.69) is 23.8 Å². The first-order chi connectivity index (χ1) is 5.84. The second-order valence-corrected chi connectivity index (χ2v) is 6.12. The first-order valence-electron chi connectivity index (χ1n) is 3.69. The van der Waals surface area contributed by atoms with Crippen molar-refractivity contribution in [3.05, 3.63) is 21.7 Å². The molecule has 0 nitrogen and oxygen atoms in total. The molecule has 0 bridgehead atoms. The SMILES string of the molecule is Cc1cc2c(s1)sc1cscc12. The van der Waals surface area contributed by atoms with Crippen LogP contribution in [-0.4, -0.2) is 0 Å². The van der Waals surface area contributed by atoms with Gasteiger partial charge in [-0.15, -0.1) is 22.7 Å². The number of thiophene rings is 3. The second kappa shape index (κ2) is 2.31. The summed E-state index contributed by atoms with van der Waals surface area (Å²) >= 11 is 5.62. The molecular formula is C9H6S3. The van der Waals surface area contributed by atoms with Gasteiger partial charge in [0.15, 0.2) is 0 Å². The van der Waals surface area contributed by atoms with Crippen LogP contribution in [0, 0.1) is 6.92 Å². The molecule has 0 aliphatic carbocycles. The van der Waals surface area contributed by atoms with Crippen molar-refractivity contribution >= 4 is 53.5 Å². The van der Waals surface area contributed by atoms with Crippen molar-refractivity contribution in [2.24, 2.45) is 0 Å². The molecule has 0 aliphatic rings. The molecule has 3 aromatic heterocycles. The van der Waals surface area contributed by atoms with Gasteiger partial charge in [0.05, 0.1) is 4.01 Å². The van der Waals surface area contributed by atoms with Crippen molar-refractivity contribution in [3.63, 3.8) is 0 Å². The Morgan fingerprint density at radius 1 is 1.08 bits per heavy atom. The van der Waals surface area contributed by atoms with E-state index in [1.165, 1.54) is 24.4 Å². The quantitative estimate of drug-likeness (QED) is 0.513. The van der Waals surface area contributed by atoms with Gasteiger partial charge in [0.1, 0.15) is 0 Å². The molecule has 0 aromatic carbocycles. The second-order valence-electron chi connectivity index (χ2n) is 2.81. The van der Waals surface area contributed by atoms with Gasteiger partial charge < -0.3 is 0 Å². The first-order valence-corrected chi connectivity index (χ1v) is 6.27. The maximum absolute atomic E-state index is 2.30. The third kappa shape index (κ3) is 0.815. The van der Waals surface area contributed by atoms with E-state index >= 15 is 0 Å². The molecule has 0 atom stereocenters. The lowest BCUT2D eigenvalue weighted by molar-refractivity contribution is 1.66. The predicted molar refractivity (Wildman–Crippen MR) is 59.8 cm³/mol. The molecule has 0 amide bonds. The maximum Gasteiger partial charge on any atom is 0.0880 e. The molecular weight excluding hydrogens is 204 g/mol. The van der Waals surface area contributed by atoms with Gasteiger partial charge >= 0.3 is 0 Å². The Bertz CT molecular complexity index is 538. The number of aryl methyl sites for hydroxylation is 1. The van der Waals surface area contributed by atoms with Crippen LogP contribution in [0.1, 0.15) is 4.88 Å². The van der Waals surface area contributed by atoms with Gasteiger partial charge in [-0.3, -0.25) is 0 Å². The average molecular weight is 210 g/mol. The minimum atomic E-state index is 1.42. The van der Waals surface area contributed by atoms with Crippen molar-refractivity contribution in [3.8, 4) is 0 Å². The zero-order valence-corrected chi connectivity index (χ0v) is 8.91. The Labute approximate surface area is 82.1 Å². The number of rotatable bonds is 0. The third-order valence-electron chi connectivity index (χ3n) is 1.94. The molecule has 3 heteroatoms. The number of hydrogen-bond acceptors (Lipinski definition) is 3. The molecule has 60 valence electrons.